The first-order valence-corrected chi connectivity index (χ1v) is 10.3. The molecule has 1 aliphatic rings. The van der Waals surface area contributed by atoms with E-state index in [-0.39, 0.29) is 22.3 Å². The summed E-state index contributed by atoms with van der Waals surface area (Å²) in [5.41, 5.74) is 1.19. The Labute approximate surface area is 146 Å². The fourth-order valence-electron chi connectivity index (χ4n) is 2.34. The van der Waals surface area contributed by atoms with Crippen molar-refractivity contribution in [1.82, 2.24) is 4.90 Å². The van der Waals surface area contributed by atoms with Gasteiger partial charge in [0, 0.05) is 23.3 Å². The molecule has 2 N–H and O–H groups in total. The predicted molar refractivity (Wildman–Crippen MR) is 89.4 cm³/mol. The Morgan fingerprint density at radius 2 is 2.12 bits per heavy atom. The first-order valence-electron chi connectivity index (χ1n) is 6.96. The van der Waals surface area contributed by atoms with Gasteiger partial charge in [0.2, 0.25) is 10.0 Å². The van der Waals surface area contributed by atoms with Crippen LogP contribution in [0.5, 0.6) is 0 Å². The summed E-state index contributed by atoms with van der Waals surface area (Å²) in [5.74, 6) is -1.02. The van der Waals surface area contributed by atoms with Crippen LogP contribution >= 0.6 is 22.7 Å². The third-order valence-electron chi connectivity index (χ3n) is 3.58. The quantitative estimate of drug-likeness (QED) is 0.795. The molecule has 24 heavy (non-hydrogen) atoms. The van der Waals surface area contributed by atoms with E-state index < -0.39 is 16.0 Å². The van der Waals surface area contributed by atoms with Crippen molar-refractivity contribution in [3.8, 4) is 0 Å². The third kappa shape index (κ3) is 3.66. The monoisotopic (exact) mass is 386 g/mol. The molecule has 3 heterocycles. The topological polar surface area (TPSA) is 107 Å². The number of esters is 1. The molecule has 2 aromatic heterocycles. The molecule has 1 aliphatic heterocycles. The fraction of sp³-hybridized carbons (Fsp3) is 0.286. The standard InChI is InChI=1S/C14H14N2O5S3/c15-24(19,20)13-5-10(8-23-13)14(18)21-7-12(17)16-3-1-11-9(6-16)2-4-22-11/h2,4-5,8H,1,3,6-7H2,(H2,15,19,20). The zero-order valence-electron chi connectivity index (χ0n) is 12.4. The molecule has 10 heteroatoms. The van der Waals surface area contributed by atoms with E-state index in [1.165, 1.54) is 10.3 Å². The Kier molecular flexibility index (Phi) is 4.72. The number of carbonyl (C=O) groups is 2. The van der Waals surface area contributed by atoms with E-state index in [9.17, 15) is 18.0 Å². The maximum atomic E-state index is 12.2. The smallest absolute Gasteiger partial charge is 0.339 e. The number of nitrogens with two attached hydrogens (primary N) is 1. The molecule has 0 spiro atoms. The van der Waals surface area contributed by atoms with Crippen LogP contribution in [0, 0.1) is 0 Å². The lowest BCUT2D eigenvalue weighted by Crippen LogP contribution is -2.38. The van der Waals surface area contributed by atoms with Crippen LogP contribution in [0.25, 0.3) is 0 Å². The summed E-state index contributed by atoms with van der Waals surface area (Å²) in [5, 5.41) is 8.33. The van der Waals surface area contributed by atoms with Crippen molar-refractivity contribution in [2.45, 2.75) is 17.2 Å². The highest BCUT2D eigenvalue weighted by Crippen LogP contribution is 2.24. The van der Waals surface area contributed by atoms with E-state index in [1.807, 2.05) is 11.4 Å². The van der Waals surface area contributed by atoms with Gasteiger partial charge in [-0.2, -0.15) is 0 Å². The molecule has 128 valence electrons. The number of rotatable bonds is 4. The number of hydrogen-bond acceptors (Lipinski definition) is 7. The highest BCUT2D eigenvalue weighted by molar-refractivity contribution is 7.91. The van der Waals surface area contributed by atoms with E-state index in [1.54, 1.807) is 16.2 Å². The number of thiophene rings is 2. The van der Waals surface area contributed by atoms with E-state index in [0.717, 1.165) is 29.4 Å². The minimum atomic E-state index is -3.85. The van der Waals surface area contributed by atoms with Gasteiger partial charge in [0.25, 0.3) is 5.91 Å². The molecule has 0 aromatic carbocycles. The summed E-state index contributed by atoms with van der Waals surface area (Å²) in [6.07, 6.45) is 0.801. The van der Waals surface area contributed by atoms with E-state index in [0.29, 0.717) is 13.1 Å². The first-order chi connectivity index (χ1) is 11.3. The van der Waals surface area contributed by atoms with Crippen molar-refractivity contribution in [1.29, 1.82) is 0 Å². The van der Waals surface area contributed by atoms with Crippen LogP contribution < -0.4 is 5.14 Å². The molecule has 0 bridgehead atoms. The molecule has 2 aromatic rings. The van der Waals surface area contributed by atoms with E-state index in [4.69, 9.17) is 9.88 Å². The summed E-state index contributed by atoms with van der Waals surface area (Å²) in [4.78, 5) is 27.0. The van der Waals surface area contributed by atoms with E-state index in [2.05, 4.69) is 0 Å². The predicted octanol–water partition coefficient (Wildman–Crippen LogP) is 1.20. The lowest BCUT2D eigenvalue weighted by Gasteiger charge is -2.26. The molecular weight excluding hydrogens is 372 g/mol. The first kappa shape index (κ1) is 17.1. The van der Waals surface area contributed by atoms with Crippen LogP contribution in [-0.4, -0.2) is 38.3 Å². The van der Waals surface area contributed by atoms with Gasteiger partial charge < -0.3 is 9.64 Å². The molecule has 0 saturated carbocycles. The average Bonchev–Trinajstić information content (AvgIpc) is 3.19. The number of amides is 1. The van der Waals surface area contributed by atoms with Crippen molar-refractivity contribution in [2.24, 2.45) is 5.14 Å². The normalized spacial score (nSPS) is 14.3. The Morgan fingerprint density at radius 1 is 1.33 bits per heavy atom. The van der Waals surface area contributed by atoms with Gasteiger partial charge in [-0.1, -0.05) is 0 Å². The second-order valence-corrected chi connectivity index (χ2v) is 8.91. The van der Waals surface area contributed by atoms with Gasteiger partial charge in [0.05, 0.1) is 5.56 Å². The third-order valence-corrected chi connectivity index (χ3v) is 6.99. The molecule has 7 nitrogen and oxygen atoms in total. The van der Waals surface area contributed by atoms with Crippen molar-refractivity contribution in [2.75, 3.05) is 13.2 Å². The second kappa shape index (κ2) is 6.63. The average molecular weight is 386 g/mol. The van der Waals surface area contributed by atoms with Gasteiger partial charge in [-0.05, 0) is 29.5 Å². The number of nitrogens with zero attached hydrogens (tertiary/aromatic N) is 1. The van der Waals surface area contributed by atoms with Crippen molar-refractivity contribution in [3.05, 3.63) is 38.9 Å². The number of ether oxygens (including phenoxy) is 1. The highest BCUT2D eigenvalue weighted by Gasteiger charge is 2.23. The zero-order valence-corrected chi connectivity index (χ0v) is 14.9. The SMILES string of the molecule is NS(=O)(=O)c1cc(C(=O)OCC(=O)N2CCc3sccc3C2)cs1. The molecule has 0 aliphatic carbocycles. The summed E-state index contributed by atoms with van der Waals surface area (Å²) in [7, 11) is -3.85. The Bertz CT molecular complexity index is 884. The van der Waals surface area contributed by atoms with Crippen molar-refractivity contribution in [3.63, 3.8) is 0 Å². The number of sulfonamides is 1. The molecule has 0 atom stereocenters. The maximum Gasteiger partial charge on any atom is 0.339 e. The van der Waals surface area contributed by atoms with Crippen LogP contribution in [0.2, 0.25) is 0 Å². The fourth-order valence-corrected chi connectivity index (χ4v) is 4.80. The number of primary sulfonamides is 1. The highest BCUT2D eigenvalue weighted by atomic mass is 32.2. The number of fused-ring (bicyclic) bond motifs is 1. The van der Waals surface area contributed by atoms with Crippen LogP contribution in [-0.2, 0) is 32.5 Å². The number of carbonyl (C=O) groups excluding carboxylic acids is 2. The Balaban J connectivity index is 1.57. The molecular formula is C14H14N2O5S3. The lowest BCUT2D eigenvalue weighted by atomic mass is 10.1. The number of hydrogen-bond donors (Lipinski definition) is 1. The van der Waals surface area contributed by atoms with Gasteiger partial charge in [0.15, 0.2) is 6.61 Å². The van der Waals surface area contributed by atoms with Gasteiger partial charge in [0.1, 0.15) is 4.21 Å². The molecule has 0 radical (unpaired) electrons. The zero-order chi connectivity index (χ0) is 17.3. The van der Waals surface area contributed by atoms with E-state index >= 15 is 0 Å². The minimum absolute atomic E-state index is 0.0654. The van der Waals surface area contributed by atoms with Crippen molar-refractivity contribution < 1.29 is 22.7 Å². The van der Waals surface area contributed by atoms with Crippen LogP contribution in [0.3, 0.4) is 0 Å². The van der Waals surface area contributed by atoms with Crippen LogP contribution in [0.4, 0.5) is 0 Å². The van der Waals surface area contributed by atoms with Crippen molar-refractivity contribution >= 4 is 44.6 Å². The van der Waals surface area contributed by atoms with Gasteiger partial charge in [-0.3, -0.25) is 4.79 Å². The minimum Gasteiger partial charge on any atom is -0.452 e. The largest absolute Gasteiger partial charge is 0.452 e. The second-order valence-electron chi connectivity index (χ2n) is 5.21. The summed E-state index contributed by atoms with van der Waals surface area (Å²) >= 11 is 2.51. The van der Waals surface area contributed by atoms with Gasteiger partial charge in [-0.25, -0.2) is 18.4 Å². The summed E-state index contributed by atoms with van der Waals surface area (Å²) in [6.45, 7) is 0.736. The van der Waals surface area contributed by atoms with Gasteiger partial charge >= 0.3 is 5.97 Å². The molecule has 0 fully saturated rings. The summed E-state index contributed by atoms with van der Waals surface area (Å²) < 4.78 is 27.3. The summed E-state index contributed by atoms with van der Waals surface area (Å²) in [6, 6.07) is 3.14. The molecule has 3 rings (SSSR count). The molecule has 1 amide bonds. The molecule has 0 saturated heterocycles. The van der Waals surface area contributed by atoms with Crippen LogP contribution in [0.15, 0.2) is 27.1 Å². The molecule has 0 unspecified atom stereocenters. The maximum absolute atomic E-state index is 12.2. The Morgan fingerprint density at radius 3 is 2.83 bits per heavy atom. The lowest BCUT2D eigenvalue weighted by molar-refractivity contribution is -0.135. The Hall–Kier alpha value is -1.75. The van der Waals surface area contributed by atoms with Gasteiger partial charge in [-0.15, -0.1) is 22.7 Å². The van der Waals surface area contributed by atoms with Crippen LogP contribution in [0.1, 0.15) is 20.8 Å².